The number of hydrazine groups is 1. The number of hydrogen-bond acceptors (Lipinski definition) is 8. The highest BCUT2D eigenvalue weighted by Crippen LogP contribution is 2.27. The number of carbonyl (C=O) groups is 2. The van der Waals surface area contributed by atoms with Crippen LogP contribution in [0.15, 0.2) is 23.0 Å². The monoisotopic (exact) mass is 345 g/mol. The molecule has 0 bridgehead atoms. The summed E-state index contributed by atoms with van der Waals surface area (Å²) in [6.45, 7) is 1.51. The minimum absolute atomic E-state index is 0.0102. The molecule has 9 nitrogen and oxygen atoms in total. The fraction of sp³-hybridized carbons (Fsp3) is 0.250. The lowest BCUT2D eigenvalue weighted by atomic mass is 10.3. The molecule has 12 heteroatoms. The molecule has 2 heterocycles. The van der Waals surface area contributed by atoms with E-state index in [1.807, 2.05) is 5.43 Å². The van der Waals surface area contributed by atoms with Crippen LogP contribution in [0.1, 0.15) is 33.7 Å². The van der Waals surface area contributed by atoms with Gasteiger partial charge in [-0.3, -0.25) is 15.6 Å². The molecule has 0 fully saturated rings. The van der Waals surface area contributed by atoms with Gasteiger partial charge in [0.1, 0.15) is 5.56 Å². The van der Waals surface area contributed by atoms with E-state index in [1.165, 1.54) is 19.2 Å². The van der Waals surface area contributed by atoms with Gasteiger partial charge in [-0.15, -0.1) is 0 Å². The van der Waals surface area contributed by atoms with Crippen LogP contribution in [0.5, 0.6) is 0 Å². The molecule has 2 aromatic heterocycles. The van der Waals surface area contributed by atoms with Crippen LogP contribution in [0.4, 0.5) is 19.0 Å². The zero-order chi connectivity index (χ0) is 17.7. The number of aromatic nitrogens is 3. The molecule has 0 saturated heterocycles. The number of nitrogens with one attached hydrogen (secondary N) is 2. The molecule has 0 radical (unpaired) electrons. The Morgan fingerprint density at radius 1 is 1.38 bits per heavy atom. The quantitative estimate of drug-likeness (QED) is 0.617. The minimum atomic E-state index is -4.83. The minimum Gasteiger partial charge on any atom is -0.462 e. The molecule has 2 N–H and O–H groups in total. The van der Waals surface area contributed by atoms with Crippen molar-refractivity contribution in [2.75, 3.05) is 12.0 Å². The van der Waals surface area contributed by atoms with E-state index >= 15 is 0 Å². The molecule has 0 aliphatic heterocycles. The van der Waals surface area contributed by atoms with Gasteiger partial charge >= 0.3 is 18.1 Å². The van der Waals surface area contributed by atoms with Crippen molar-refractivity contribution in [3.05, 3.63) is 35.6 Å². The molecular formula is C12H10F3N5O4. The maximum Gasteiger partial charge on any atom is 0.451 e. The topological polar surface area (TPSA) is 119 Å². The summed E-state index contributed by atoms with van der Waals surface area (Å²) in [6, 6.07) is 1.23. The normalized spacial score (nSPS) is 11.0. The summed E-state index contributed by atoms with van der Waals surface area (Å²) in [5.74, 6) is -4.07. The van der Waals surface area contributed by atoms with E-state index in [-0.39, 0.29) is 17.9 Å². The second-order valence-electron chi connectivity index (χ2n) is 4.13. The maximum absolute atomic E-state index is 12.7. The molecule has 24 heavy (non-hydrogen) atoms. The summed E-state index contributed by atoms with van der Waals surface area (Å²) in [5.41, 5.74) is 3.76. The third-order valence-corrected chi connectivity index (χ3v) is 2.49. The van der Waals surface area contributed by atoms with Gasteiger partial charge < -0.3 is 9.26 Å². The summed E-state index contributed by atoms with van der Waals surface area (Å²) in [5, 5.41) is 3.30. The zero-order valence-electron chi connectivity index (χ0n) is 12.0. The molecule has 2 aromatic rings. The van der Waals surface area contributed by atoms with Gasteiger partial charge in [-0.1, -0.05) is 5.16 Å². The molecule has 0 aliphatic carbocycles. The largest absolute Gasteiger partial charge is 0.462 e. The van der Waals surface area contributed by atoms with E-state index in [0.29, 0.717) is 6.20 Å². The molecule has 0 unspecified atom stereocenters. The van der Waals surface area contributed by atoms with Crippen LogP contribution < -0.4 is 10.9 Å². The van der Waals surface area contributed by atoms with Crippen molar-refractivity contribution >= 4 is 17.7 Å². The van der Waals surface area contributed by atoms with Gasteiger partial charge in [-0.05, 0) is 6.92 Å². The number of esters is 1. The van der Waals surface area contributed by atoms with E-state index < -0.39 is 29.7 Å². The fourth-order valence-corrected chi connectivity index (χ4v) is 1.48. The number of nitrogens with zero attached hydrogens (tertiary/aromatic N) is 3. The Morgan fingerprint density at radius 3 is 2.71 bits per heavy atom. The standard InChI is InChI=1S/C12H10F3N5O4/c1-2-23-10(22)6-5-16-11(12(13,14)15)18-8(6)19-20-9(21)7-3-4-17-24-7/h3-5H,2H2,1H3,(H,20,21)(H,16,18,19). The zero-order valence-corrected chi connectivity index (χ0v) is 12.0. The fourth-order valence-electron chi connectivity index (χ4n) is 1.48. The highest BCUT2D eigenvalue weighted by atomic mass is 19.4. The second kappa shape index (κ2) is 6.93. The molecule has 0 spiro atoms. The summed E-state index contributed by atoms with van der Waals surface area (Å²) >= 11 is 0. The van der Waals surface area contributed by atoms with Crippen molar-refractivity contribution in [2.24, 2.45) is 0 Å². The molecular weight excluding hydrogens is 335 g/mol. The van der Waals surface area contributed by atoms with Crippen molar-refractivity contribution in [3.63, 3.8) is 0 Å². The highest BCUT2D eigenvalue weighted by molar-refractivity contribution is 5.96. The van der Waals surface area contributed by atoms with Crippen molar-refractivity contribution < 1.29 is 32.0 Å². The number of hydrogen-bond donors (Lipinski definition) is 2. The van der Waals surface area contributed by atoms with Crippen LogP contribution in [0.3, 0.4) is 0 Å². The van der Waals surface area contributed by atoms with Crippen molar-refractivity contribution in [2.45, 2.75) is 13.1 Å². The Balaban J connectivity index is 2.26. The number of ether oxygens (including phenoxy) is 1. The van der Waals surface area contributed by atoms with E-state index in [4.69, 9.17) is 4.74 Å². The number of carbonyl (C=O) groups excluding carboxylic acids is 2. The number of anilines is 1. The molecule has 128 valence electrons. The Morgan fingerprint density at radius 2 is 2.12 bits per heavy atom. The van der Waals surface area contributed by atoms with Gasteiger partial charge in [0.15, 0.2) is 5.82 Å². The van der Waals surface area contributed by atoms with Crippen LogP contribution in [0.25, 0.3) is 0 Å². The second-order valence-corrected chi connectivity index (χ2v) is 4.13. The van der Waals surface area contributed by atoms with E-state index in [9.17, 15) is 22.8 Å². The van der Waals surface area contributed by atoms with Crippen molar-refractivity contribution in [1.82, 2.24) is 20.6 Å². The van der Waals surface area contributed by atoms with Gasteiger partial charge in [0.05, 0.1) is 12.8 Å². The Hall–Kier alpha value is -3.18. The van der Waals surface area contributed by atoms with E-state index in [0.717, 1.165) is 0 Å². The molecule has 1 amide bonds. The van der Waals surface area contributed by atoms with Crippen molar-refractivity contribution in [1.29, 1.82) is 0 Å². The highest BCUT2D eigenvalue weighted by Gasteiger charge is 2.36. The number of rotatable bonds is 5. The lowest BCUT2D eigenvalue weighted by Gasteiger charge is -2.12. The first-order valence-corrected chi connectivity index (χ1v) is 6.41. The van der Waals surface area contributed by atoms with Gasteiger partial charge in [0.2, 0.25) is 11.6 Å². The third kappa shape index (κ3) is 3.97. The van der Waals surface area contributed by atoms with Crippen LogP contribution in [0, 0.1) is 0 Å². The first-order valence-electron chi connectivity index (χ1n) is 6.41. The Labute approximate surface area is 132 Å². The first kappa shape index (κ1) is 17.2. The predicted molar refractivity (Wildman–Crippen MR) is 70.6 cm³/mol. The van der Waals surface area contributed by atoms with E-state index in [1.54, 1.807) is 0 Å². The Kier molecular flexibility index (Phi) is 4.96. The van der Waals surface area contributed by atoms with Crippen LogP contribution >= 0.6 is 0 Å². The summed E-state index contributed by atoms with van der Waals surface area (Å²) in [4.78, 5) is 29.7. The molecule has 0 aromatic carbocycles. The van der Waals surface area contributed by atoms with E-state index in [2.05, 4.69) is 25.1 Å². The molecule has 2 rings (SSSR count). The average Bonchev–Trinajstić information content (AvgIpc) is 3.06. The number of alkyl halides is 3. The Bertz CT molecular complexity index is 733. The van der Waals surface area contributed by atoms with Crippen molar-refractivity contribution in [3.8, 4) is 0 Å². The first-order chi connectivity index (χ1) is 11.3. The predicted octanol–water partition coefficient (Wildman–Crippen LogP) is 1.42. The lowest BCUT2D eigenvalue weighted by Crippen LogP contribution is -2.31. The van der Waals surface area contributed by atoms with Crippen LogP contribution in [0.2, 0.25) is 0 Å². The third-order valence-electron chi connectivity index (χ3n) is 2.49. The lowest BCUT2D eigenvalue weighted by molar-refractivity contribution is -0.144. The van der Waals surface area contributed by atoms with Gasteiger partial charge in [-0.2, -0.15) is 13.2 Å². The van der Waals surface area contributed by atoms with Crippen LogP contribution in [-0.2, 0) is 10.9 Å². The molecule has 0 atom stereocenters. The molecule has 0 aliphatic rings. The van der Waals surface area contributed by atoms with Crippen LogP contribution in [-0.4, -0.2) is 33.6 Å². The SMILES string of the molecule is CCOC(=O)c1cnc(C(F)(F)F)nc1NNC(=O)c1ccno1. The average molecular weight is 345 g/mol. The summed E-state index contributed by atoms with van der Waals surface area (Å²) < 4.78 is 47.3. The summed E-state index contributed by atoms with van der Waals surface area (Å²) in [7, 11) is 0. The smallest absolute Gasteiger partial charge is 0.451 e. The number of amides is 1. The van der Waals surface area contributed by atoms with Gasteiger partial charge in [0.25, 0.3) is 0 Å². The molecule has 0 saturated carbocycles. The summed E-state index contributed by atoms with van der Waals surface area (Å²) in [6.07, 6.45) is -2.99. The van der Waals surface area contributed by atoms with Gasteiger partial charge in [-0.25, -0.2) is 14.8 Å². The van der Waals surface area contributed by atoms with Gasteiger partial charge in [0, 0.05) is 12.3 Å². The maximum atomic E-state index is 12.7. The number of halogens is 3.